The smallest absolute Gasteiger partial charge is 0.152 e. The van der Waals surface area contributed by atoms with E-state index < -0.39 is 9.84 Å². The number of pyridine rings is 1. The van der Waals surface area contributed by atoms with Crippen LogP contribution in [-0.4, -0.2) is 45.0 Å². The molecule has 1 aromatic heterocycles. The molecule has 1 saturated carbocycles. The lowest BCUT2D eigenvalue weighted by molar-refractivity contribution is 0.579. The lowest BCUT2D eigenvalue weighted by atomic mass is 10.2. The highest BCUT2D eigenvalue weighted by molar-refractivity contribution is 7.91. The van der Waals surface area contributed by atoms with Gasteiger partial charge in [-0.2, -0.15) is 0 Å². The van der Waals surface area contributed by atoms with Gasteiger partial charge >= 0.3 is 0 Å². The van der Waals surface area contributed by atoms with Gasteiger partial charge in [-0.1, -0.05) is 0 Å². The molecule has 0 amide bonds. The van der Waals surface area contributed by atoms with E-state index in [-0.39, 0.29) is 11.3 Å². The van der Waals surface area contributed by atoms with Crippen LogP contribution in [0.3, 0.4) is 0 Å². The maximum absolute atomic E-state index is 11.8. The van der Waals surface area contributed by atoms with Crippen molar-refractivity contribution in [2.24, 2.45) is 0 Å². The molecule has 1 aliphatic carbocycles. The van der Waals surface area contributed by atoms with E-state index >= 15 is 0 Å². The number of nitrogens with one attached hydrogen (secondary N) is 1. The summed E-state index contributed by atoms with van der Waals surface area (Å²) in [6.07, 6.45) is 5.65. The van der Waals surface area contributed by atoms with Gasteiger partial charge in [-0.15, -0.1) is 0 Å². The second-order valence-corrected chi connectivity index (χ2v) is 7.58. The molecule has 1 aromatic rings. The number of aromatic nitrogens is 1. The van der Waals surface area contributed by atoms with Crippen LogP contribution in [0.4, 0.5) is 11.5 Å². The molecule has 1 heterocycles. The van der Waals surface area contributed by atoms with Crippen molar-refractivity contribution in [2.45, 2.75) is 30.6 Å². The Morgan fingerprint density at radius 2 is 2.11 bits per heavy atom. The van der Waals surface area contributed by atoms with Crippen molar-refractivity contribution < 1.29 is 8.42 Å². The highest BCUT2D eigenvalue weighted by Crippen LogP contribution is 2.30. The molecule has 1 fully saturated rings. The second-order valence-electron chi connectivity index (χ2n) is 5.32. The second kappa shape index (κ2) is 5.36. The van der Waals surface area contributed by atoms with E-state index in [1.807, 2.05) is 31.1 Å². The molecule has 2 unspecified atom stereocenters. The van der Waals surface area contributed by atoms with Gasteiger partial charge in [0.15, 0.2) is 15.7 Å². The first-order valence-electron chi connectivity index (χ1n) is 6.47. The van der Waals surface area contributed by atoms with E-state index in [0.717, 1.165) is 30.8 Å². The minimum atomic E-state index is -3.00. The molecule has 0 aliphatic heterocycles. The van der Waals surface area contributed by atoms with Crippen molar-refractivity contribution in [3.63, 3.8) is 0 Å². The summed E-state index contributed by atoms with van der Waals surface area (Å²) >= 11 is 0. The highest BCUT2D eigenvalue weighted by Gasteiger charge is 2.35. The summed E-state index contributed by atoms with van der Waals surface area (Å²) in [5, 5.41) is 3.07. The fourth-order valence-corrected chi connectivity index (χ4v) is 4.07. The van der Waals surface area contributed by atoms with Gasteiger partial charge < -0.3 is 10.2 Å². The predicted octanol–water partition coefficient (Wildman–Crippen LogP) is 1.53. The van der Waals surface area contributed by atoms with Crippen molar-refractivity contribution >= 4 is 21.3 Å². The molecule has 0 bridgehead atoms. The third kappa shape index (κ3) is 3.18. The fourth-order valence-electron chi connectivity index (χ4n) is 2.67. The molecule has 0 aromatic carbocycles. The van der Waals surface area contributed by atoms with Crippen molar-refractivity contribution in [1.82, 2.24) is 4.98 Å². The monoisotopic (exact) mass is 283 g/mol. The quantitative estimate of drug-likeness (QED) is 0.908. The van der Waals surface area contributed by atoms with Crippen LogP contribution >= 0.6 is 0 Å². The standard InChI is InChI=1S/C13H21N3O2S/c1-16(2)13-11(7-5-9-14-13)15-10-6-4-8-12(10)19(3,17)18/h5,7,9-10,12,15H,4,6,8H2,1-3H3. The zero-order valence-corrected chi connectivity index (χ0v) is 12.4. The maximum atomic E-state index is 11.8. The van der Waals surface area contributed by atoms with Crippen LogP contribution in [0.2, 0.25) is 0 Å². The molecule has 19 heavy (non-hydrogen) atoms. The van der Waals surface area contributed by atoms with Gasteiger partial charge in [0.05, 0.1) is 10.9 Å². The van der Waals surface area contributed by atoms with Crippen molar-refractivity contribution in [2.75, 3.05) is 30.6 Å². The average molecular weight is 283 g/mol. The molecular formula is C13H21N3O2S. The first-order chi connectivity index (χ1) is 8.89. The molecule has 106 valence electrons. The Morgan fingerprint density at radius 1 is 1.37 bits per heavy atom. The first-order valence-corrected chi connectivity index (χ1v) is 8.43. The SMILES string of the molecule is CN(C)c1ncccc1NC1CCCC1S(C)(=O)=O. The highest BCUT2D eigenvalue weighted by atomic mass is 32.2. The van der Waals surface area contributed by atoms with Crippen LogP contribution in [0, 0.1) is 0 Å². The molecule has 0 radical (unpaired) electrons. The van der Waals surface area contributed by atoms with Crippen LogP contribution in [-0.2, 0) is 9.84 Å². The van der Waals surface area contributed by atoms with Crippen LogP contribution in [0.15, 0.2) is 18.3 Å². The molecule has 2 atom stereocenters. The Morgan fingerprint density at radius 3 is 2.74 bits per heavy atom. The Hall–Kier alpha value is -1.30. The number of rotatable bonds is 4. The molecule has 1 N–H and O–H groups in total. The van der Waals surface area contributed by atoms with E-state index in [0.29, 0.717) is 0 Å². The van der Waals surface area contributed by atoms with E-state index in [1.54, 1.807) is 6.20 Å². The van der Waals surface area contributed by atoms with E-state index in [2.05, 4.69) is 10.3 Å². The van der Waals surface area contributed by atoms with Gasteiger partial charge in [-0.3, -0.25) is 0 Å². The molecule has 2 rings (SSSR count). The van der Waals surface area contributed by atoms with E-state index in [1.165, 1.54) is 6.26 Å². The number of hydrogen-bond donors (Lipinski definition) is 1. The van der Waals surface area contributed by atoms with Gasteiger partial charge in [0, 0.05) is 32.6 Å². The average Bonchev–Trinajstić information content (AvgIpc) is 2.77. The lowest BCUT2D eigenvalue weighted by Gasteiger charge is -2.23. The third-order valence-corrected chi connectivity index (χ3v) is 5.22. The van der Waals surface area contributed by atoms with Crippen molar-refractivity contribution in [3.8, 4) is 0 Å². The molecular weight excluding hydrogens is 262 g/mol. The van der Waals surface area contributed by atoms with Gasteiger partial charge in [-0.05, 0) is 31.4 Å². The lowest BCUT2D eigenvalue weighted by Crippen LogP contribution is -2.34. The summed E-state index contributed by atoms with van der Waals surface area (Å²) in [7, 11) is 0.852. The maximum Gasteiger partial charge on any atom is 0.152 e. The van der Waals surface area contributed by atoms with Crippen LogP contribution < -0.4 is 10.2 Å². The van der Waals surface area contributed by atoms with Crippen LogP contribution in [0.25, 0.3) is 0 Å². The van der Waals surface area contributed by atoms with Gasteiger partial charge in [-0.25, -0.2) is 13.4 Å². The Kier molecular flexibility index (Phi) is 3.99. The fraction of sp³-hybridized carbons (Fsp3) is 0.615. The van der Waals surface area contributed by atoms with Gasteiger partial charge in [0.2, 0.25) is 0 Å². The van der Waals surface area contributed by atoms with Crippen molar-refractivity contribution in [1.29, 1.82) is 0 Å². The Labute approximate surface area is 114 Å². The topological polar surface area (TPSA) is 62.3 Å². The summed E-state index contributed by atoms with van der Waals surface area (Å²) in [4.78, 5) is 6.24. The molecule has 6 heteroatoms. The van der Waals surface area contributed by atoms with Crippen molar-refractivity contribution in [3.05, 3.63) is 18.3 Å². The van der Waals surface area contributed by atoms with E-state index in [9.17, 15) is 8.42 Å². The Balaban J connectivity index is 2.22. The molecule has 1 aliphatic rings. The van der Waals surface area contributed by atoms with Gasteiger partial charge in [0.25, 0.3) is 0 Å². The van der Waals surface area contributed by atoms with Crippen LogP contribution in [0.1, 0.15) is 19.3 Å². The molecule has 0 saturated heterocycles. The summed E-state index contributed by atoms with van der Waals surface area (Å²) in [5.74, 6) is 0.835. The zero-order valence-electron chi connectivity index (χ0n) is 11.6. The predicted molar refractivity (Wildman–Crippen MR) is 78.5 cm³/mol. The normalized spacial score (nSPS) is 23.3. The zero-order chi connectivity index (χ0) is 14.0. The Bertz CT molecular complexity index is 543. The third-order valence-electron chi connectivity index (χ3n) is 3.55. The number of hydrogen-bond acceptors (Lipinski definition) is 5. The largest absolute Gasteiger partial charge is 0.378 e. The summed E-state index contributed by atoms with van der Waals surface area (Å²) in [6, 6.07) is 3.79. The molecule has 0 spiro atoms. The molecule has 5 nitrogen and oxygen atoms in total. The van der Waals surface area contributed by atoms with Gasteiger partial charge in [0.1, 0.15) is 0 Å². The van der Waals surface area contributed by atoms with Crippen LogP contribution in [0.5, 0.6) is 0 Å². The number of nitrogens with zero attached hydrogens (tertiary/aromatic N) is 2. The van der Waals surface area contributed by atoms with E-state index in [4.69, 9.17) is 0 Å². The number of anilines is 2. The minimum Gasteiger partial charge on any atom is -0.378 e. The number of sulfone groups is 1. The summed E-state index contributed by atoms with van der Waals surface area (Å²) in [6.45, 7) is 0. The minimum absolute atomic E-state index is 0.0158. The summed E-state index contributed by atoms with van der Waals surface area (Å²) in [5.41, 5.74) is 0.896. The first kappa shape index (κ1) is 14.1. The summed E-state index contributed by atoms with van der Waals surface area (Å²) < 4.78 is 23.6.